The van der Waals surface area contributed by atoms with E-state index in [9.17, 15) is 0 Å². The van der Waals surface area contributed by atoms with Crippen LogP contribution in [0.15, 0.2) is 11.2 Å². The van der Waals surface area contributed by atoms with Gasteiger partial charge in [-0.05, 0) is 32.6 Å². The number of halogens is 1. The van der Waals surface area contributed by atoms with Crippen molar-refractivity contribution < 1.29 is 4.74 Å². The number of rotatable bonds is 8. The van der Waals surface area contributed by atoms with Gasteiger partial charge in [-0.3, -0.25) is 0 Å². The molecule has 126 valence electrons. The lowest BCUT2D eigenvalue weighted by atomic mass is 10.5. The van der Waals surface area contributed by atoms with E-state index in [1.54, 1.807) is 11.3 Å². The van der Waals surface area contributed by atoms with Crippen LogP contribution in [0.3, 0.4) is 0 Å². The second-order valence-electron chi connectivity index (χ2n) is 5.47. The van der Waals surface area contributed by atoms with Gasteiger partial charge in [-0.25, -0.2) is 9.98 Å². The Kier molecular flexibility index (Phi) is 9.27. The van der Waals surface area contributed by atoms with E-state index in [-0.39, 0.29) is 24.0 Å². The van der Waals surface area contributed by atoms with Crippen LogP contribution >= 0.6 is 35.3 Å². The van der Waals surface area contributed by atoms with Gasteiger partial charge in [0.2, 0.25) is 0 Å². The van der Waals surface area contributed by atoms with Crippen LogP contribution in [0.2, 0.25) is 0 Å². The maximum atomic E-state index is 5.69. The van der Waals surface area contributed by atoms with E-state index in [1.807, 2.05) is 6.20 Å². The number of aromatic nitrogens is 1. The number of aliphatic imine (C=N–C) groups is 1. The molecule has 2 rings (SSSR count). The number of ether oxygens (including phenoxy) is 1. The maximum Gasteiger partial charge on any atom is 0.194 e. The van der Waals surface area contributed by atoms with Crippen molar-refractivity contribution in [2.45, 2.75) is 33.2 Å². The molecule has 7 heteroatoms. The molecule has 5 nitrogen and oxygen atoms in total. The number of guanidine groups is 1. The molecule has 1 saturated carbocycles. The summed E-state index contributed by atoms with van der Waals surface area (Å²) in [5.41, 5.74) is 0. The summed E-state index contributed by atoms with van der Waals surface area (Å²) in [4.78, 5) is 12.3. The first kappa shape index (κ1) is 19.6. The van der Waals surface area contributed by atoms with Crippen molar-refractivity contribution in [2.24, 2.45) is 10.9 Å². The second-order valence-corrected chi connectivity index (χ2v) is 6.79. The van der Waals surface area contributed by atoms with Crippen molar-refractivity contribution in [3.8, 4) is 0 Å². The zero-order valence-electron chi connectivity index (χ0n) is 13.7. The molecule has 0 atom stereocenters. The molecule has 0 spiro atoms. The molecule has 0 radical (unpaired) electrons. The lowest BCUT2D eigenvalue weighted by Gasteiger charge is -2.21. The number of likely N-dealkylation sites (N-methyl/N-ethyl adjacent to an activating group) is 1. The zero-order chi connectivity index (χ0) is 15.1. The molecule has 0 bridgehead atoms. The Balaban J connectivity index is 0.00000242. The van der Waals surface area contributed by atoms with Gasteiger partial charge in [-0.2, -0.15) is 0 Å². The standard InChI is InChI=1S/C15H26N4OS.HI/c1-4-16-15(18-10-14-17-9-12(2)21-14)19(3)7-8-20-11-13-5-6-13;/h9,13H,4-8,10-11H2,1-3H3,(H,16,18);1H. The van der Waals surface area contributed by atoms with Crippen molar-refractivity contribution in [2.75, 3.05) is 33.4 Å². The molecule has 1 aliphatic rings. The molecule has 22 heavy (non-hydrogen) atoms. The summed E-state index contributed by atoms with van der Waals surface area (Å²) in [7, 11) is 2.05. The van der Waals surface area contributed by atoms with E-state index < -0.39 is 0 Å². The molecule has 1 aromatic heterocycles. The smallest absolute Gasteiger partial charge is 0.194 e. The molecule has 0 amide bonds. The van der Waals surface area contributed by atoms with Crippen molar-refractivity contribution in [3.05, 3.63) is 16.1 Å². The minimum Gasteiger partial charge on any atom is -0.379 e. The number of hydrogen-bond donors (Lipinski definition) is 1. The fraction of sp³-hybridized carbons (Fsp3) is 0.733. The summed E-state index contributed by atoms with van der Waals surface area (Å²) in [5, 5.41) is 4.38. The number of nitrogens with zero attached hydrogens (tertiary/aromatic N) is 3. The van der Waals surface area contributed by atoms with E-state index in [0.717, 1.165) is 43.2 Å². The van der Waals surface area contributed by atoms with E-state index in [1.165, 1.54) is 17.7 Å². The van der Waals surface area contributed by atoms with Gasteiger partial charge < -0.3 is 15.0 Å². The third-order valence-corrected chi connectivity index (χ3v) is 4.25. The molecule has 0 aromatic carbocycles. The molecular weight excluding hydrogens is 411 g/mol. The number of hydrogen-bond acceptors (Lipinski definition) is 4. The maximum absolute atomic E-state index is 5.69. The van der Waals surface area contributed by atoms with E-state index in [2.05, 4.69) is 41.1 Å². The van der Waals surface area contributed by atoms with Gasteiger partial charge in [0.05, 0.1) is 13.2 Å². The Morgan fingerprint density at radius 1 is 1.55 bits per heavy atom. The van der Waals surface area contributed by atoms with Gasteiger partial charge in [0.15, 0.2) is 5.96 Å². The van der Waals surface area contributed by atoms with Crippen LogP contribution in [0.5, 0.6) is 0 Å². The molecule has 1 aromatic rings. The van der Waals surface area contributed by atoms with E-state index >= 15 is 0 Å². The van der Waals surface area contributed by atoms with Crippen LogP contribution in [0.1, 0.15) is 29.7 Å². The number of thiazole rings is 1. The highest BCUT2D eigenvalue weighted by atomic mass is 127. The van der Waals surface area contributed by atoms with Crippen LogP contribution in [-0.2, 0) is 11.3 Å². The van der Waals surface area contributed by atoms with Gasteiger partial charge in [-0.15, -0.1) is 35.3 Å². The molecule has 0 unspecified atom stereocenters. The first-order valence-corrected chi connectivity index (χ1v) is 8.49. The zero-order valence-corrected chi connectivity index (χ0v) is 16.8. The first-order chi connectivity index (χ1) is 10.2. The fourth-order valence-corrected chi connectivity index (χ4v) is 2.64. The Morgan fingerprint density at radius 3 is 2.91 bits per heavy atom. The third-order valence-electron chi connectivity index (χ3n) is 3.35. The Labute approximate surface area is 154 Å². The lowest BCUT2D eigenvalue weighted by molar-refractivity contribution is 0.115. The topological polar surface area (TPSA) is 49.8 Å². The molecule has 1 fully saturated rings. The van der Waals surface area contributed by atoms with Crippen LogP contribution in [-0.4, -0.2) is 49.2 Å². The fourth-order valence-electron chi connectivity index (χ4n) is 1.93. The molecule has 0 aliphatic heterocycles. The van der Waals surface area contributed by atoms with Crippen molar-refractivity contribution in [3.63, 3.8) is 0 Å². The predicted octanol–water partition coefficient (Wildman–Crippen LogP) is 2.89. The highest BCUT2D eigenvalue weighted by Gasteiger charge is 2.21. The van der Waals surface area contributed by atoms with E-state index in [4.69, 9.17) is 4.74 Å². The summed E-state index contributed by atoms with van der Waals surface area (Å²) in [6, 6.07) is 0. The Bertz CT molecular complexity index is 462. The predicted molar refractivity (Wildman–Crippen MR) is 103 cm³/mol. The van der Waals surface area contributed by atoms with E-state index in [0.29, 0.717) is 6.54 Å². The molecule has 1 aliphatic carbocycles. The second kappa shape index (κ2) is 10.4. The summed E-state index contributed by atoms with van der Waals surface area (Å²) in [6.07, 6.45) is 4.58. The minimum absolute atomic E-state index is 0. The van der Waals surface area contributed by atoms with Crippen molar-refractivity contribution in [1.29, 1.82) is 0 Å². The first-order valence-electron chi connectivity index (χ1n) is 7.67. The van der Waals surface area contributed by atoms with Crippen molar-refractivity contribution >= 4 is 41.3 Å². The van der Waals surface area contributed by atoms with Crippen LogP contribution in [0, 0.1) is 12.8 Å². The van der Waals surface area contributed by atoms with Crippen LogP contribution in [0.25, 0.3) is 0 Å². The summed E-state index contributed by atoms with van der Waals surface area (Å²) in [5.74, 6) is 1.74. The molecule has 0 saturated heterocycles. The SMILES string of the molecule is CCNC(=NCc1ncc(C)s1)N(C)CCOCC1CC1.I. The van der Waals surface area contributed by atoms with Gasteiger partial charge in [-0.1, -0.05) is 0 Å². The quantitative estimate of drug-likeness (QED) is 0.294. The van der Waals surface area contributed by atoms with Gasteiger partial charge in [0.25, 0.3) is 0 Å². The Morgan fingerprint density at radius 2 is 2.32 bits per heavy atom. The summed E-state index contributed by atoms with van der Waals surface area (Å²) >= 11 is 1.70. The highest BCUT2D eigenvalue weighted by Crippen LogP contribution is 2.28. The average molecular weight is 438 g/mol. The van der Waals surface area contributed by atoms with Crippen LogP contribution < -0.4 is 5.32 Å². The van der Waals surface area contributed by atoms with Gasteiger partial charge in [0.1, 0.15) is 5.01 Å². The Hall–Kier alpha value is -0.410. The third kappa shape index (κ3) is 7.23. The van der Waals surface area contributed by atoms with Crippen LogP contribution in [0.4, 0.5) is 0 Å². The molecular formula is C15H27IN4OS. The van der Waals surface area contributed by atoms with Gasteiger partial charge >= 0.3 is 0 Å². The minimum atomic E-state index is 0. The summed E-state index contributed by atoms with van der Waals surface area (Å²) < 4.78 is 5.69. The van der Waals surface area contributed by atoms with Crippen molar-refractivity contribution in [1.82, 2.24) is 15.2 Å². The molecule has 1 heterocycles. The normalized spacial score (nSPS) is 14.6. The number of nitrogens with one attached hydrogen (secondary N) is 1. The number of aryl methyl sites for hydroxylation is 1. The van der Waals surface area contributed by atoms with Gasteiger partial charge in [0, 0.05) is 37.8 Å². The average Bonchev–Trinajstić information content (AvgIpc) is 3.20. The highest BCUT2D eigenvalue weighted by molar-refractivity contribution is 14.0. The largest absolute Gasteiger partial charge is 0.379 e. The monoisotopic (exact) mass is 438 g/mol. The summed E-state index contributed by atoms with van der Waals surface area (Å²) in [6.45, 7) is 8.18. The molecule has 1 N–H and O–H groups in total. The lowest BCUT2D eigenvalue weighted by Crippen LogP contribution is -2.40.